The molecule has 2 amide bonds. The number of para-hydroxylation sites is 3. The molecule has 0 atom stereocenters. The summed E-state index contributed by atoms with van der Waals surface area (Å²) in [6, 6.07) is 14.7. The highest BCUT2D eigenvalue weighted by Gasteiger charge is 2.13. The molecule has 3 aromatic rings. The van der Waals surface area contributed by atoms with E-state index in [1.807, 2.05) is 31.2 Å². The molecule has 7 nitrogen and oxygen atoms in total. The average molecular weight is 366 g/mol. The van der Waals surface area contributed by atoms with E-state index in [9.17, 15) is 9.59 Å². The Bertz CT molecular complexity index is 903. The zero-order valence-electron chi connectivity index (χ0n) is 15.1. The van der Waals surface area contributed by atoms with Crippen LogP contribution in [0.2, 0.25) is 0 Å². The summed E-state index contributed by atoms with van der Waals surface area (Å²) in [4.78, 5) is 31.9. The molecule has 0 saturated carbocycles. The van der Waals surface area contributed by atoms with Crippen molar-refractivity contribution in [2.24, 2.45) is 0 Å². The number of carbonyl (C=O) groups excluding carboxylic acids is 2. The highest BCUT2D eigenvalue weighted by molar-refractivity contribution is 5.98. The van der Waals surface area contributed by atoms with E-state index in [4.69, 9.17) is 4.74 Å². The van der Waals surface area contributed by atoms with Gasteiger partial charge in [-0.15, -0.1) is 0 Å². The number of benzene rings is 2. The van der Waals surface area contributed by atoms with Crippen LogP contribution in [0.1, 0.15) is 23.1 Å². The van der Waals surface area contributed by atoms with Gasteiger partial charge in [-0.25, -0.2) is 4.98 Å². The first-order valence-corrected chi connectivity index (χ1v) is 8.87. The van der Waals surface area contributed by atoms with Crippen molar-refractivity contribution in [2.45, 2.75) is 13.3 Å². The third-order valence-electron chi connectivity index (χ3n) is 3.96. The molecule has 140 valence electrons. The maximum absolute atomic E-state index is 12.3. The Morgan fingerprint density at radius 1 is 1.07 bits per heavy atom. The Morgan fingerprint density at radius 2 is 1.85 bits per heavy atom. The smallest absolute Gasteiger partial charge is 0.255 e. The van der Waals surface area contributed by atoms with Crippen molar-refractivity contribution in [1.29, 1.82) is 0 Å². The standard InChI is InChI=1S/C20H22N4O3/c1-2-27-17-10-6-3-7-14(17)20(26)22-13-19(25)21-12-11-18-23-15-8-4-5-9-16(15)24-18/h3-10H,2,11-13H2,1H3,(H,21,25)(H,22,26)(H,23,24). The van der Waals surface area contributed by atoms with Crippen LogP contribution in [0, 0.1) is 0 Å². The lowest BCUT2D eigenvalue weighted by Gasteiger charge is -2.10. The molecule has 0 spiro atoms. The van der Waals surface area contributed by atoms with E-state index in [2.05, 4.69) is 20.6 Å². The van der Waals surface area contributed by atoms with Gasteiger partial charge in [-0.3, -0.25) is 9.59 Å². The molecule has 0 radical (unpaired) electrons. The molecule has 1 aromatic heterocycles. The first-order chi connectivity index (χ1) is 13.2. The number of carbonyl (C=O) groups is 2. The minimum absolute atomic E-state index is 0.0978. The van der Waals surface area contributed by atoms with Gasteiger partial charge in [0.25, 0.3) is 5.91 Å². The van der Waals surface area contributed by atoms with E-state index in [0.717, 1.165) is 16.9 Å². The second kappa shape index (κ2) is 8.84. The van der Waals surface area contributed by atoms with Crippen LogP contribution in [0.5, 0.6) is 5.75 Å². The van der Waals surface area contributed by atoms with Crippen LogP contribution in [-0.4, -0.2) is 41.5 Å². The first kappa shape index (κ1) is 18.4. The Kier molecular flexibility index (Phi) is 6.04. The Morgan fingerprint density at radius 3 is 2.67 bits per heavy atom. The quantitative estimate of drug-likeness (QED) is 0.568. The second-order valence-corrected chi connectivity index (χ2v) is 5.91. The van der Waals surface area contributed by atoms with Gasteiger partial charge in [0.05, 0.1) is 29.7 Å². The van der Waals surface area contributed by atoms with Crippen LogP contribution in [0.15, 0.2) is 48.5 Å². The number of ether oxygens (including phenoxy) is 1. The van der Waals surface area contributed by atoms with Gasteiger partial charge in [0, 0.05) is 13.0 Å². The number of aromatic nitrogens is 2. The highest BCUT2D eigenvalue weighted by atomic mass is 16.5. The summed E-state index contributed by atoms with van der Waals surface area (Å²) in [6.07, 6.45) is 0.585. The fraction of sp³-hybridized carbons (Fsp3) is 0.250. The van der Waals surface area contributed by atoms with Crippen molar-refractivity contribution in [2.75, 3.05) is 19.7 Å². The number of hydrogen-bond donors (Lipinski definition) is 3. The van der Waals surface area contributed by atoms with Crippen LogP contribution >= 0.6 is 0 Å². The predicted octanol–water partition coefficient (Wildman–Crippen LogP) is 2.05. The molecule has 27 heavy (non-hydrogen) atoms. The lowest BCUT2D eigenvalue weighted by Crippen LogP contribution is -2.37. The second-order valence-electron chi connectivity index (χ2n) is 5.91. The van der Waals surface area contributed by atoms with Crippen LogP contribution in [0.4, 0.5) is 0 Å². The van der Waals surface area contributed by atoms with Crippen LogP contribution in [0.25, 0.3) is 11.0 Å². The van der Waals surface area contributed by atoms with Gasteiger partial charge < -0.3 is 20.4 Å². The van der Waals surface area contributed by atoms with Crippen molar-refractivity contribution < 1.29 is 14.3 Å². The SMILES string of the molecule is CCOc1ccccc1C(=O)NCC(=O)NCCc1nc2ccccc2[nH]1. The van der Waals surface area contributed by atoms with Gasteiger partial charge in [-0.05, 0) is 31.2 Å². The molecule has 7 heteroatoms. The summed E-state index contributed by atoms with van der Waals surface area (Å²) in [5, 5.41) is 5.39. The summed E-state index contributed by atoms with van der Waals surface area (Å²) < 4.78 is 5.43. The van der Waals surface area contributed by atoms with Gasteiger partial charge in [0.2, 0.25) is 5.91 Å². The summed E-state index contributed by atoms with van der Waals surface area (Å²) in [6.45, 7) is 2.65. The fourth-order valence-corrected chi connectivity index (χ4v) is 2.70. The molecular formula is C20H22N4O3. The number of imidazole rings is 1. The van der Waals surface area contributed by atoms with Crippen LogP contribution in [-0.2, 0) is 11.2 Å². The van der Waals surface area contributed by atoms with Gasteiger partial charge in [0.1, 0.15) is 11.6 Å². The zero-order valence-corrected chi connectivity index (χ0v) is 15.1. The topological polar surface area (TPSA) is 96.1 Å². The number of hydrogen-bond acceptors (Lipinski definition) is 4. The van der Waals surface area contributed by atoms with Crippen molar-refractivity contribution in [3.8, 4) is 5.75 Å². The maximum Gasteiger partial charge on any atom is 0.255 e. The highest BCUT2D eigenvalue weighted by Crippen LogP contribution is 2.17. The number of H-pyrrole nitrogens is 1. The van der Waals surface area contributed by atoms with Crippen molar-refractivity contribution in [1.82, 2.24) is 20.6 Å². The monoisotopic (exact) mass is 366 g/mol. The molecule has 0 bridgehead atoms. The zero-order chi connectivity index (χ0) is 19.1. The average Bonchev–Trinajstić information content (AvgIpc) is 3.09. The van der Waals surface area contributed by atoms with E-state index in [0.29, 0.717) is 30.9 Å². The Hall–Kier alpha value is -3.35. The van der Waals surface area contributed by atoms with Crippen molar-refractivity contribution in [3.05, 3.63) is 59.9 Å². The van der Waals surface area contributed by atoms with E-state index >= 15 is 0 Å². The minimum atomic E-state index is -0.341. The number of fused-ring (bicyclic) bond motifs is 1. The van der Waals surface area contributed by atoms with Gasteiger partial charge >= 0.3 is 0 Å². The molecule has 0 fully saturated rings. The number of aromatic amines is 1. The molecule has 3 N–H and O–H groups in total. The van der Waals surface area contributed by atoms with Crippen LogP contribution < -0.4 is 15.4 Å². The first-order valence-electron chi connectivity index (χ1n) is 8.87. The number of amides is 2. The summed E-state index contributed by atoms with van der Waals surface area (Å²) in [5.74, 6) is 0.716. The third kappa shape index (κ3) is 4.84. The Labute approximate surface area is 157 Å². The summed E-state index contributed by atoms with van der Waals surface area (Å²) in [7, 11) is 0. The fourth-order valence-electron chi connectivity index (χ4n) is 2.70. The number of rotatable bonds is 8. The molecule has 0 unspecified atom stereocenters. The molecule has 0 aliphatic rings. The maximum atomic E-state index is 12.3. The normalized spacial score (nSPS) is 10.6. The summed E-state index contributed by atoms with van der Waals surface area (Å²) >= 11 is 0. The molecule has 0 aliphatic carbocycles. The lowest BCUT2D eigenvalue weighted by molar-refractivity contribution is -0.120. The van der Waals surface area contributed by atoms with E-state index in [1.165, 1.54) is 0 Å². The van der Waals surface area contributed by atoms with E-state index < -0.39 is 0 Å². The predicted molar refractivity (Wildman–Crippen MR) is 103 cm³/mol. The van der Waals surface area contributed by atoms with Gasteiger partial charge in [-0.2, -0.15) is 0 Å². The van der Waals surface area contributed by atoms with Crippen LogP contribution in [0.3, 0.4) is 0 Å². The van der Waals surface area contributed by atoms with Crippen molar-refractivity contribution >= 4 is 22.8 Å². The van der Waals surface area contributed by atoms with Gasteiger partial charge in [0.15, 0.2) is 0 Å². The molecule has 1 heterocycles. The van der Waals surface area contributed by atoms with Gasteiger partial charge in [-0.1, -0.05) is 24.3 Å². The van der Waals surface area contributed by atoms with E-state index in [1.54, 1.807) is 24.3 Å². The number of nitrogens with one attached hydrogen (secondary N) is 3. The Balaban J connectivity index is 1.45. The molecular weight excluding hydrogens is 344 g/mol. The molecule has 3 rings (SSSR count). The molecule has 0 aliphatic heterocycles. The number of nitrogens with zero attached hydrogens (tertiary/aromatic N) is 1. The third-order valence-corrected chi connectivity index (χ3v) is 3.96. The molecule has 2 aromatic carbocycles. The lowest BCUT2D eigenvalue weighted by atomic mass is 10.2. The minimum Gasteiger partial charge on any atom is -0.493 e. The summed E-state index contributed by atoms with van der Waals surface area (Å²) in [5.41, 5.74) is 2.28. The molecule has 0 saturated heterocycles. The van der Waals surface area contributed by atoms with Crippen molar-refractivity contribution in [3.63, 3.8) is 0 Å². The largest absolute Gasteiger partial charge is 0.493 e. The van der Waals surface area contributed by atoms with E-state index in [-0.39, 0.29) is 18.4 Å².